The van der Waals surface area contributed by atoms with E-state index in [0.717, 1.165) is 4.31 Å². The van der Waals surface area contributed by atoms with Gasteiger partial charge in [-0.05, 0) is 54.8 Å². The van der Waals surface area contributed by atoms with Gasteiger partial charge in [0.2, 0.25) is 11.8 Å². The predicted octanol–water partition coefficient (Wildman–Crippen LogP) is 4.36. The summed E-state index contributed by atoms with van der Waals surface area (Å²) < 4.78 is 47.7. The van der Waals surface area contributed by atoms with Crippen molar-refractivity contribution in [1.82, 2.24) is 10.2 Å². The average Bonchev–Trinajstić information content (AvgIpc) is 2.95. The number of carbonyl (C=O) groups is 2. The van der Waals surface area contributed by atoms with E-state index in [-0.39, 0.29) is 28.8 Å². The van der Waals surface area contributed by atoms with Gasteiger partial charge in [-0.1, -0.05) is 56.3 Å². The number of para-hydroxylation sites is 2. The fourth-order valence-corrected chi connectivity index (χ4v) is 5.59. The Bertz CT molecular complexity index is 1350. The number of sulfonamides is 1. The summed E-state index contributed by atoms with van der Waals surface area (Å²) in [6.07, 6.45) is 1.01. The normalized spacial score (nSPS) is 11.9. The van der Waals surface area contributed by atoms with Crippen LogP contribution in [0.4, 0.5) is 10.1 Å². The minimum atomic E-state index is -4.20. The van der Waals surface area contributed by atoms with Gasteiger partial charge in [0.1, 0.15) is 24.2 Å². The van der Waals surface area contributed by atoms with Gasteiger partial charge in [-0.25, -0.2) is 12.8 Å². The standard InChI is InChI=1S/C29H34FN3O5S/c1-4-19-31-29(35)25(5-2)32(20-22-15-17-23(30)18-16-22)28(34)21-33(26-13-9-10-14-27(26)38-3)39(36,37)24-11-7-6-8-12-24/h6-18,25H,4-5,19-21H2,1-3H3,(H,31,35). The maximum absolute atomic E-state index is 14.0. The molecule has 0 saturated heterocycles. The van der Waals surface area contributed by atoms with Gasteiger partial charge in [-0.3, -0.25) is 13.9 Å². The molecule has 0 aliphatic rings. The molecule has 3 aromatic rings. The van der Waals surface area contributed by atoms with Crippen LogP contribution >= 0.6 is 0 Å². The number of halogens is 1. The average molecular weight is 556 g/mol. The first kappa shape index (κ1) is 29.6. The molecule has 0 saturated carbocycles. The predicted molar refractivity (Wildman–Crippen MR) is 148 cm³/mol. The highest BCUT2D eigenvalue weighted by molar-refractivity contribution is 7.92. The van der Waals surface area contributed by atoms with E-state index in [2.05, 4.69) is 5.32 Å². The van der Waals surface area contributed by atoms with Crippen LogP contribution in [0.25, 0.3) is 0 Å². The number of nitrogens with one attached hydrogen (secondary N) is 1. The van der Waals surface area contributed by atoms with Crippen molar-refractivity contribution in [3.05, 3.63) is 90.2 Å². The van der Waals surface area contributed by atoms with Gasteiger partial charge in [-0.15, -0.1) is 0 Å². The Morgan fingerprint density at radius 3 is 2.21 bits per heavy atom. The summed E-state index contributed by atoms with van der Waals surface area (Å²) in [4.78, 5) is 28.4. The topological polar surface area (TPSA) is 96.0 Å². The molecule has 0 spiro atoms. The van der Waals surface area contributed by atoms with Crippen LogP contribution in [-0.2, 0) is 26.2 Å². The summed E-state index contributed by atoms with van der Waals surface area (Å²) in [5.41, 5.74) is 0.781. The zero-order valence-electron chi connectivity index (χ0n) is 22.3. The second kappa shape index (κ2) is 13.7. The molecule has 0 aromatic heterocycles. The summed E-state index contributed by atoms with van der Waals surface area (Å²) in [6.45, 7) is 3.53. The first-order valence-electron chi connectivity index (χ1n) is 12.7. The van der Waals surface area contributed by atoms with Crippen molar-refractivity contribution in [2.24, 2.45) is 0 Å². The van der Waals surface area contributed by atoms with Gasteiger partial charge in [0.25, 0.3) is 10.0 Å². The van der Waals surface area contributed by atoms with Gasteiger partial charge in [-0.2, -0.15) is 0 Å². The Balaban J connectivity index is 2.07. The molecule has 0 bridgehead atoms. The molecule has 0 heterocycles. The Morgan fingerprint density at radius 1 is 0.949 bits per heavy atom. The molecule has 39 heavy (non-hydrogen) atoms. The molecule has 2 amide bonds. The van der Waals surface area contributed by atoms with E-state index in [4.69, 9.17) is 4.74 Å². The van der Waals surface area contributed by atoms with Crippen LogP contribution < -0.4 is 14.4 Å². The molecule has 1 N–H and O–H groups in total. The first-order valence-corrected chi connectivity index (χ1v) is 14.2. The van der Waals surface area contributed by atoms with Crippen molar-refractivity contribution >= 4 is 27.5 Å². The fraction of sp³-hybridized carbons (Fsp3) is 0.310. The van der Waals surface area contributed by atoms with E-state index in [0.29, 0.717) is 24.9 Å². The second-order valence-corrected chi connectivity index (χ2v) is 10.7. The number of hydrogen-bond donors (Lipinski definition) is 1. The van der Waals surface area contributed by atoms with Gasteiger partial charge in [0.15, 0.2) is 0 Å². The summed E-state index contributed by atoms with van der Waals surface area (Å²) >= 11 is 0. The molecule has 0 fully saturated rings. The lowest BCUT2D eigenvalue weighted by Crippen LogP contribution is -2.52. The lowest BCUT2D eigenvalue weighted by atomic mass is 10.1. The van der Waals surface area contributed by atoms with Crippen molar-refractivity contribution < 1.29 is 27.1 Å². The molecule has 0 aliphatic heterocycles. The van der Waals surface area contributed by atoms with E-state index in [1.165, 1.54) is 48.4 Å². The van der Waals surface area contributed by atoms with E-state index in [1.807, 2.05) is 6.92 Å². The number of ether oxygens (including phenoxy) is 1. The number of rotatable bonds is 13. The van der Waals surface area contributed by atoms with Crippen molar-refractivity contribution in [2.45, 2.75) is 44.2 Å². The molecule has 3 rings (SSSR count). The highest BCUT2D eigenvalue weighted by atomic mass is 32.2. The molecule has 8 nitrogen and oxygen atoms in total. The van der Waals surface area contributed by atoms with Crippen LogP contribution in [-0.4, -0.2) is 51.4 Å². The Kier molecular flexibility index (Phi) is 10.4. The first-order chi connectivity index (χ1) is 18.7. The maximum Gasteiger partial charge on any atom is 0.264 e. The third kappa shape index (κ3) is 7.35. The van der Waals surface area contributed by atoms with Gasteiger partial charge < -0.3 is 15.0 Å². The van der Waals surface area contributed by atoms with E-state index in [9.17, 15) is 22.4 Å². The van der Waals surface area contributed by atoms with Crippen LogP contribution in [0.5, 0.6) is 5.75 Å². The van der Waals surface area contributed by atoms with Gasteiger partial charge >= 0.3 is 0 Å². The molecule has 208 valence electrons. The van der Waals surface area contributed by atoms with Crippen molar-refractivity contribution in [3.63, 3.8) is 0 Å². The number of amides is 2. The van der Waals surface area contributed by atoms with Crippen LogP contribution in [0.2, 0.25) is 0 Å². The fourth-order valence-electron chi connectivity index (χ4n) is 4.14. The van der Waals surface area contributed by atoms with Crippen molar-refractivity contribution in [1.29, 1.82) is 0 Å². The lowest BCUT2D eigenvalue weighted by Gasteiger charge is -2.33. The number of hydrogen-bond acceptors (Lipinski definition) is 5. The summed E-state index contributed by atoms with van der Waals surface area (Å²) in [5.74, 6) is -1.10. The quantitative estimate of drug-likeness (QED) is 0.338. The second-order valence-electron chi connectivity index (χ2n) is 8.86. The van der Waals surface area contributed by atoms with Gasteiger partial charge in [0, 0.05) is 13.1 Å². The number of benzene rings is 3. The zero-order chi connectivity index (χ0) is 28.4. The molecule has 3 aromatic carbocycles. The number of anilines is 1. The van der Waals surface area contributed by atoms with Crippen LogP contribution in [0.3, 0.4) is 0 Å². The largest absolute Gasteiger partial charge is 0.495 e. The number of nitrogens with zero attached hydrogens (tertiary/aromatic N) is 2. The molecular weight excluding hydrogens is 521 g/mol. The maximum atomic E-state index is 14.0. The molecule has 0 aliphatic carbocycles. The van der Waals surface area contributed by atoms with Crippen LogP contribution in [0.15, 0.2) is 83.8 Å². The number of carbonyl (C=O) groups excluding carboxylic acids is 2. The lowest BCUT2D eigenvalue weighted by molar-refractivity contribution is -0.140. The molecule has 1 atom stereocenters. The van der Waals surface area contributed by atoms with Crippen LogP contribution in [0, 0.1) is 5.82 Å². The highest BCUT2D eigenvalue weighted by Gasteiger charge is 2.34. The van der Waals surface area contributed by atoms with Gasteiger partial charge in [0.05, 0.1) is 17.7 Å². The minimum absolute atomic E-state index is 0.00141. The Hall–Kier alpha value is -3.92. The highest BCUT2D eigenvalue weighted by Crippen LogP contribution is 2.32. The zero-order valence-corrected chi connectivity index (χ0v) is 23.2. The third-order valence-corrected chi connectivity index (χ3v) is 7.94. The monoisotopic (exact) mass is 555 g/mol. The molecular formula is C29H34FN3O5S. The smallest absolute Gasteiger partial charge is 0.264 e. The summed E-state index contributed by atoms with van der Waals surface area (Å²) in [7, 11) is -2.79. The molecule has 0 radical (unpaired) electrons. The van der Waals surface area contributed by atoms with E-state index < -0.39 is 34.3 Å². The van der Waals surface area contributed by atoms with Crippen molar-refractivity contribution in [3.8, 4) is 5.75 Å². The SMILES string of the molecule is CCCNC(=O)C(CC)N(Cc1ccc(F)cc1)C(=O)CN(c1ccccc1OC)S(=O)(=O)c1ccccc1. The van der Waals surface area contributed by atoms with Crippen LogP contribution in [0.1, 0.15) is 32.3 Å². The van der Waals surface area contributed by atoms with E-state index >= 15 is 0 Å². The molecule has 10 heteroatoms. The minimum Gasteiger partial charge on any atom is -0.495 e. The summed E-state index contributed by atoms with van der Waals surface area (Å²) in [6, 6.07) is 19.1. The Morgan fingerprint density at radius 2 is 1.59 bits per heavy atom. The van der Waals surface area contributed by atoms with Crippen molar-refractivity contribution in [2.75, 3.05) is 24.5 Å². The molecule has 1 unspecified atom stereocenters. The van der Waals surface area contributed by atoms with E-state index in [1.54, 1.807) is 49.4 Å². The summed E-state index contributed by atoms with van der Waals surface area (Å²) in [5, 5.41) is 2.83. The Labute approximate surface area is 229 Å². The number of methoxy groups -OCH3 is 1. The third-order valence-electron chi connectivity index (χ3n) is 6.17.